The summed E-state index contributed by atoms with van der Waals surface area (Å²) in [5.74, 6) is 0.300. The molecule has 4 rings (SSSR count). The highest BCUT2D eigenvalue weighted by atomic mass is 16.5. The number of rotatable bonds is 9. The molecule has 1 N–H and O–H groups in total. The molecule has 0 spiro atoms. The molecule has 36 heavy (non-hydrogen) atoms. The van der Waals surface area contributed by atoms with E-state index in [2.05, 4.69) is 5.32 Å². The number of carbonyl (C=O) groups excluding carboxylic acids is 2. The Kier molecular flexibility index (Phi) is 8.14. The number of benzene rings is 4. The zero-order valence-corrected chi connectivity index (χ0v) is 20.6. The summed E-state index contributed by atoms with van der Waals surface area (Å²) in [4.78, 5) is 29.2. The average molecular weight is 479 g/mol. The Hall–Kier alpha value is -4.38. The van der Waals surface area contributed by atoms with Crippen LogP contribution in [0.5, 0.6) is 5.75 Å². The SMILES string of the molecule is COc1ccc(NC(=O)C(c2ccc(C)cc2)N(Cc2ccccc2)C(=O)Cc2ccccc2)cc1. The highest BCUT2D eigenvalue weighted by Crippen LogP contribution is 2.27. The molecule has 0 radical (unpaired) electrons. The van der Waals surface area contributed by atoms with Crippen LogP contribution in [0.3, 0.4) is 0 Å². The second kappa shape index (κ2) is 11.8. The van der Waals surface area contributed by atoms with Gasteiger partial charge in [0.05, 0.1) is 13.5 Å². The van der Waals surface area contributed by atoms with Crippen molar-refractivity contribution in [1.82, 2.24) is 4.90 Å². The van der Waals surface area contributed by atoms with Crippen LogP contribution in [0.4, 0.5) is 5.69 Å². The van der Waals surface area contributed by atoms with Crippen molar-refractivity contribution in [2.24, 2.45) is 0 Å². The van der Waals surface area contributed by atoms with Gasteiger partial charge in [0.1, 0.15) is 11.8 Å². The Balaban J connectivity index is 1.71. The molecular formula is C31H30N2O3. The molecule has 4 aromatic rings. The predicted octanol–water partition coefficient (Wildman–Crippen LogP) is 5.95. The fraction of sp³-hybridized carbons (Fsp3) is 0.161. The van der Waals surface area contributed by atoms with Crippen LogP contribution in [0.25, 0.3) is 0 Å². The van der Waals surface area contributed by atoms with Crippen molar-refractivity contribution in [2.75, 3.05) is 12.4 Å². The van der Waals surface area contributed by atoms with Gasteiger partial charge in [0.2, 0.25) is 5.91 Å². The number of carbonyl (C=O) groups is 2. The molecule has 1 atom stereocenters. The number of hydrogen-bond acceptors (Lipinski definition) is 3. The molecule has 2 amide bonds. The van der Waals surface area contributed by atoms with Gasteiger partial charge < -0.3 is 15.0 Å². The first kappa shape index (κ1) is 24.7. The van der Waals surface area contributed by atoms with Crippen LogP contribution in [0.1, 0.15) is 28.3 Å². The van der Waals surface area contributed by atoms with Gasteiger partial charge >= 0.3 is 0 Å². The average Bonchev–Trinajstić information content (AvgIpc) is 2.91. The van der Waals surface area contributed by atoms with Crippen molar-refractivity contribution in [3.8, 4) is 5.75 Å². The summed E-state index contributed by atoms with van der Waals surface area (Å²) < 4.78 is 5.23. The number of amides is 2. The van der Waals surface area contributed by atoms with Crippen LogP contribution in [0.2, 0.25) is 0 Å². The smallest absolute Gasteiger partial charge is 0.251 e. The van der Waals surface area contributed by atoms with Gasteiger partial charge in [-0.15, -0.1) is 0 Å². The topological polar surface area (TPSA) is 58.6 Å². The normalized spacial score (nSPS) is 11.4. The van der Waals surface area contributed by atoms with E-state index in [4.69, 9.17) is 4.74 Å². The Morgan fingerprint density at radius 2 is 1.36 bits per heavy atom. The summed E-state index contributed by atoms with van der Waals surface area (Å²) in [6, 6.07) is 33.5. The third-order valence-electron chi connectivity index (χ3n) is 6.02. The second-order valence-corrected chi connectivity index (χ2v) is 8.70. The predicted molar refractivity (Wildman–Crippen MR) is 143 cm³/mol. The van der Waals surface area contributed by atoms with Crippen molar-refractivity contribution >= 4 is 17.5 Å². The van der Waals surface area contributed by atoms with Crippen molar-refractivity contribution in [1.29, 1.82) is 0 Å². The maximum atomic E-state index is 13.8. The zero-order valence-electron chi connectivity index (χ0n) is 20.6. The highest BCUT2D eigenvalue weighted by molar-refractivity contribution is 5.98. The summed E-state index contributed by atoms with van der Waals surface area (Å²) in [5.41, 5.74) is 4.32. The molecule has 5 heteroatoms. The van der Waals surface area contributed by atoms with Gasteiger partial charge in [0, 0.05) is 12.2 Å². The number of ether oxygens (including phenoxy) is 1. The van der Waals surface area contributed by atoms with E-state index in [1.165, 1.54) is 0 Å². The number of methoxy groups -OCH3 is 1. The first-order valence-corrected chi connectivity index (χ1v) is 11.9. The van der Waals surface area contributed by atoms with E-state index in [-0.39, 0.29) is 18.2 Å². The number of hydrogen-bond donors (Lipinski definition) is 1. The summed E-state index contributed by atoms with van der Waals surface area (Å²) in [6.45, 7) is 2.31. The number of anilines is 1. The minimum absolute atomic E-state index is 0.125. The van der Waals surface area contributed by atoms with Crippen molar-refractivity contribution in [3.63, 3.8) is 0 Å². The second-order valence-electron chi connectivity index (χ2n) is 8.70. The van der Waals surface area contributed by atoms with E-state index in [0.717, 1.165) is 22.3 Å². The molecular weight excluding hydrogens is 448 g/mol. The van der Waals surface area contributed by atoms with E-state index in [0.29, 0.717) is 18.0 Å². The minimum Gasteiger partial charge on any atom is -0.497 e. The number of nitrogens with zero attached hydrogens (tertiary/aromatic N) is 1. The van der Waals surface area contributed by atoms with Crippen LogP contribution in [-0.4, -0.2) is 23.8 Å². The number of aryl methyl sites for hydroxylation is 1. The van der Waals surface area contributed by atoms with E-state index in [1.807, 2.05) is 91.9 Å². The first-order valence-electron chi connectivity index (χ1n) is 11.9. The van der Waals surface area contributed by atoms with Crippen LogP contribution >= 0.6 is 0 Å². The van der Waals surface area contributed by atoms with E-state index in [9.17, 15) is 9.59 Å². The molecule has 0 heterocycles. The minimum atomic E-state index is -0.816. The van der Waals surface area contributed by atoms with Crippen molar-refractivity contribution in [3.05, 3.63) is 131 Å². The summed E-state index contributed by atoms with van der Waals surface area (Å²) in [7, 11) is 1.60. The molecule has 1 unspecified atom stereocenters. The molecule has 0 saturated carbocycles. The first-order chi connectivity index (χ1) is 17.5. The Morgan fingerprint density at radius 1 is 0.778 bits per heavy atom. The standard InChI is InChI=1S/C31H30N2O3/c1-23-13-15-26(16-14-23)30(31(35)32-27-17-19-28(36-2)20-18-27)33(22-25-11-7-4-8-12-25)29(34)21-24-9-5-3-6-10-24/h3-20,30H,21-22H2,1-2H3,(H,32,35). The van der Waals surface area contributed by atoms with E-state index < -0.39 is 6.04 Å². The van der Waals surface area contributed by atoms with E-state index in [1.54, 1.807) is 36.3 Å². The summed E-state index contributed by atoms with van der Waals surface area (Å²) in [5, 5.41) is 3.00. The molecule has 0 fully saturated rings. The largest absolute Gasteiger partial charge is 0.497 e. The van der Waals surface area contributed by atoms with Crippen molar-refractivity contribution < 1.29 is 14.3 Å². The lowest BCUT2D eigenvalue weighted by Crippen LogP contribution is -2.41. The van der Waals surface area contributed by atoms with Crippen LogP contribution in [-0.2, 0) is 22.6 Å². The molecule has 0 aliphatic carbocycles. The summed E-state index contributed by atoms with van der Waals surface area (Å²) in [6.07, 6.45) is 0.200. The van der Waals surface area contributed by atoms with Gasteiger partial charge in [-0.05, 0) is 47.9 Å². The molecule has 0 aliphatic heterocycles. The van der Waals surface area contributed by atoms with Crippen LogP contribution in [0, 0.1) is 6.92 Å². The zero-order chi connectivity index (χ0) is 25.3. The van der Waals surface area contributed by atoms with Gasteiger partial charge in [0.25, 0.3) is 5.91 Å². The monoisotopic (exact) mass is 478 g/mol. The maximum Gasteiger partial charge on any atom is 0.251 e. The Morgan fingerprint density at radius 3 is 1.94 bits per heavy atom. The highest BCUT2D eigenvalue weighted by Gasteiger charge is 2.31. The third-order valence-corrected chi connectivity index (χ3v) is 6.02. The fourth-order valence-electron chi connectivity index (χ4n) is 4.08. The van der Waals surface area contributed by atoms with Gasteiger partial charge in [-0.2, -0.15) is 0 Å². The van der Waals surface area contributed by atoms with Crippen molar-refractivity contribution in [2.45, 2.75) is 25.9 Å². The van der Waals surface area contributed by atoms with Gasteiger partial charge in [0.15, 0.2) is 0 Å². The van der Waals surface area contributed by atoms with E-state index >= 15 is 0 Å². The fourth-order valence-corrected chi connectivity index (χ4v) is 4.08. The van der Waals surface area contributed by atoms with Crippen LogP contribution in [0.15, 0.2) is 109 Å². The molecule has 5 nitrogen and oxygen atoms in total. The Bertz CT molecular complexity index is 1270. The number of nitrogens with one attached hydrogen (secondary N) is 1. The van der Waals surface area contributed by atoms with Gasteiger partial charge in [-0.1, -0.05) is 90.5 Å². The third kappa shape index (κ3) is 6.39. The quantitative estimate of drug-likeness (QED) is 0.323. The van der Waals surface area contributed by atoms with Gasteiger partial charge in [-0.3, -0.25) is 9.59 Å². The molecule has 182 valence electrons. The molecule has 4 aromatic carbocycles. The molecule has 0 bridgehead atoms. The maximum absolute atomic E-state index is 13.8. The molecule has 0 saturated heterocycles. The Labute approximate surface area is 212 Å². The van der Waals surface area contributed by atoms with Crippen LogP contribution < -0.4 is 10.1 Å². The van der Waals surface area contributed by atoms with Gasteiger partial charge in [-0.25, -0.2) is 0 Å². The molecule has 0 aromatic heterocycles. The lowest BCUT2D eigenvalue weighted by atomic mass is 10.00. The molecule has 0 aliphatic rings. The lowest BCUT2D eigenvalue weighted by molar-refractivity contribution is -0.139. The summed E-state index contributed by atoms with van der Waals surface area (Å²) >= 11 is 0. The lowest BCUT2D eigenvalue weighted by Gasteiger charge is -2.32.